The molecule has 0 aliphatic heterocycles. The van der Waals surface area contributed by atoms with E-state index < -0.39 is 0 Å². The molecule has 3 heteroatoms. The topological polar surface area (TPSA) is 22.0 Å². The first-order valence-corrected chi connectivity index (χ1v) is 9.02. The molecule has 0 atom stereocenters. The van der Waals surface area contributed by atoms with Gasteiger partial charge >= 0.3 is 0 Å². The molecule has 0 radical (unpaired) electrons. The fraction of sp³-hybridized carbons (Fsp3) is 0.0455. The average Bonchev–Trinajstić information content (AvgIpc) is 3.19. The van der Waals surface area contributed by atoms with Crippen molar-refractivity contribution in [1.29, 1.82) is 0 Å². The molecule has 2 aromatic heterocycles. The summed E-state index contributed by atoms with van der Waals surface area (Å²) < 4.78 is 1.75. The molecule has 0 amide bonds. The van der Waals surface area contributed by atoms with E-state index in [1.54, 1.807) is 15.9 Å². The highest BCUT2D eigenvalue weighted by Gasteiger charge is 2.17. The molecular weight excluding hydrogens is 326 g/mol. The Kier molecular flexibility index (Phi) is 4.08. The van der Waals surface area contributed by atoms with Crippen LogP contribution in [0, 0.1) is 0 Å². The normalized spacial score (nSPS) is 10.8. The van der Waals surface area contributed by atoms with Crippen LogP contribution in [-0.2, 0) is 7.05 Å². The molecule has 0 bridgehead atoms. The van der Waals surface area contributed by atoms with Crippen LogP contribution < -0.4 is 5.56 Å². The summed E-state index contributed by atoms with van der Waals surface area (Å²) in [4.78, 5) is 14.3. The number of aromatic nitrogens is 1. The molecule has 0 aliphatic carbocycles. The second kappa shape index (κ2) is 6.54. The lowest BCUT2D eigenvalue weighted by Crippen LogP contribution is -2.21. The van der Waals surface area contributed by atoms with Crippen molar-refractivity contribution in [2.75, 3.05) is 0 Å². The predicted octanol–water partition coefficient (Wildman–Crippen LogP) is 5.45. The van der Waals surface area contributed by atoms with Crippen LogP contribution in [0.4, 0.5) is 0 Å². The van der Waals surface area contributed by atoms with Crippen molar-refractivity contribution in [2.24, 2.45) is 7.05 Å². The summed E-state index contributed by atoms with van der Waals surface area (Å²) in [5.74, 6) is 0. The van der Waals surface area contributed by atoms with Gasteiger partial charge in [-0.1, -0.05) is 66.7 Å². The van der Waals surface area contributed by atoms with E-state index in [1.807, 2.05) is 67.0 Å². The molecule has 4 aromatic rings. The molecule has 2 heterocycles. The van der Waals surface area contributed by atoms with E-state index in [1.165, 1.54) is 0 Å². The van der Waals surface area contributed by atoms with Gasteiger partial charge in [-0.15, -0.1) is 11.3 Å². The summed E-state index contributed by atoms with van der Waals surface area (Å²) in [6.07, 6.45) is 0. The predicted molar refractivity (Wildman–Crippen MR) is 106 cm³/mol. The van der Waals surface area contributed by atoms with E-state index in [-0.39, 0.29) is 5.56 Å². The van der Waals surface area contributed by atoms with E-state index in [9.17, 15) is 4.79 Å². The fourth-order valence-corrected chi connectivity index (χ4v) is 3.87. The highest BCUT2D eigenvalue weighted by Crippen LogP contribution is 2.34. The highest BCUT2D eigenvalue weighted by atomic mass is 32.1. The molecule has 0 saturated carbocycles. The Balaban J connectivity index is 2.07. The van der Waals surface area contributed by atoms with Gasteiger partial charge in [0.2, 0.25) is 0 Å². The summed E-state index contributed by atoms with van der Waals surface area (Å²) in [5.41, 5.74) is 4.68. The van der Waals surface area contributed by atoms with E-state index >= 15 is 0 Å². The van der Waals surface area contributed by atoms with E-state index in [2.05, 4.69) is 24.3 Å². The van der Waals surface area contributed by atoms with Gasteiger partial charge in [-0.3, -0.25) is 4.79 Å². The lowest BCUT2D eigenvalue weighted by Gasteiger charge is -2.15. The third-order valence-electron chi connectivity index (χ3n) is 4.35. The number of pyridine rings is 1. The minimum absolute atomic E-state index is 0.0240. The molecule has 0 spiro atoms. The largest absolute Gasteiger partial charge is 0.310 e. The van der Waals surface area contributed by atoms with Crippen molar-refractivity contribution >= 4 is 11.3 Å². The summed E-state index contributed by atoms with van der Waals surface area (Å²) in [6, 6.07) is 26.2. The molecule has 2 nitrogen and oxygen atoms in total. The second-order valence-corrected chi connectivity index (χ2v) is 6.84. The van der Waals surface area contributed by atoms with Crippen LogP contribution >= 0.6 is 11.3 Å². The van der Waals surface area contributed by atoms with Crippen LogP contribution in [0.3, 0.4) is 0 Å². The van der Waals surface area contributed by atoms with Crippen molar-refractivity contribution in [3.63, 3.8) is 0 Å². The van der Waals surface area contributed by atoms with Crippen LogP contribution in [-0.4, -0.2) is 4.57 Å². The maximum Gasteiger partial charge on any atom is 0.259 e. The lowest BCUT2D eigenvalue weighted by molar-refractivity contribution is 0.876. The number of thiophene rings is 1. The van der Waals surface area contributed by atoms with Gasteiger partial charge in [-0.05, 0) is 34.2 Å². The average molecular weight is 343 g/mol. The lowest BCUT2D eigenvalue weighted by atomic mass is 9.95. The molecule has 0 unspecified atom stereocenters. The Morgan fingerprint density at radius 3 is 2.04 bits per heavy atom. The van der Waals surface area contributed by atoms with E-state index in [4.69, 9.17) is 0 Å². The Morgan fingerprint density at radius 2 is 1.44 bits per heavy atom. The first-order chi connectivity index (χ1) is 12.3. The van der Waals surface area contributed by atoms with Gasteiger partial charge in [0, 0.05) is 7.05 Å². The van der Waals surface area contributed by atoms with Crippen LogP contribution in [0.15, 0.2) is 89.0 Å². The molecule has 2 aromatic carbocycles. The third kappa shape index (κ3) is 2.83. The Morgan fingerprint density at radius 1 is 0.800 bits per heavy atom. The summed E-state index contributed by atoms with van der Waals surface area (Å²) >= 11 is 1.64. The first kappa shape index (κ1) is 15.6. The molecule has 0 fully saturated rings. The molecule has 4 rings (SSSR count). The number of nitrogens with zero attached hydrogens (tertiary/aromatic N) is 1. The Hall–Kier alpha value is -2.91. The third-order valence-corrected chi connectivity index (χ3v) is 5.24. The molecular formula is C22H17NOS. The SMILES string of the molecule is Cn1c(-c2cccs2)cc(-c2ccccc2)c(-c2ccccc2)c1=O. The highest BCUT2D eigenvalue weighted by molar-refractivity contribution is 7.13. The van der Waals surface area contributed by atoms with Crippen molar-refractivity contribution in [3.8, 4) is 32.8 Å². The van der Waals surface area contributed by atoms with Crippen LogP contribution in [0.2, 0.25) is 0 Å². The van der Waals surface area contributed by atoms with Gasteiger partial charge in [-0.2, -0.15) is 0 Å². The van der Waals surface area contributed by atoms with Crippen molar-refractivity contribution < 1.29 is 0 Å². The van der Waals surface area contributed by atoms with Gasteiger partial charge in [0.05, 0.1) is 16.1 Å². The molecule has 0 saturated heterocycles. The smallest absolute Gasteiger partial charge is 0.259 e. The maximum atomic E-state index is 13.2. The molecule has 0 N–H and O–H groups in total. The minimum atomic E-state index is 0.0240. The summed E-state index contributed by atoms with van der Waals surface area (Å²) in [7, 11) is 1.85. The zero-order valence-electron chi connectivity index (χ0n) is 13.8. The standard InChI is InChI=1S/C22H17NOS/c1-23-19(20-13-8-14-25-20)15-18(16-9-4-2-5-10-16)21(22(23)24)17-11-6-3-7-12-17/h2-15H,1H3. The zero-order chi connectivity index (χ0) is 17.2. The molecule has 25 heavy (non-hydrogen) atoms. The van der Waals surface area contributed by atoms with Crippen molar-refractivity contribution in [2.45, 2.75) is 0 Å². The van der Waals surface area contributed by atoms with E-state index in [0.717, 1.165) is 32.8 Å². The minimum Gasteiger partial charge on any atom is -0.310 e. The van der Waals surface area contributed by atoms with Crippen LogP contribution in [0.25, 0.3) is 32.8 Å². The molecule has 122 valence electrons. The van der Waals surface area contributed by atoms with Gasteiger partial charge < -0.3 is 4.57 Å². The molecule has 0 aliphatic rings. The zero-order valence-corrected chi connectivity index (χ0v) is 14.7. The quantitative estimate of drug-likeness (QED) is 0.485. The maximum absolute atomic E-state index is 13.2. The van der Waals surface area contributed by atoms with Crippen LogP contribution in [0.5, 0.6) is 0 Å². The number of rotatable bonds is 3. The Labute approximate surface area is 150 Å². The number of benzene rings is 2. The van der Waals surface area contributed by atoms with Gasteiger partial charge in [0.15, 0.2) is 0 Å². The summed E-state index contributed by atoms with van der Waals surface area (Å²) in [5, 5.41) is 2.03. The summed E-state index contributed by atoms with van der Waals surface area (Å²) in [6.45, 7) is 0. The van der Waals surface area contributed by atoms with Crippen LogP contribution in [0.1, 0.15) is 0 Å². The number of hydrogen-bond acceptors (Lipinski definition) is 2. The fourth-order valence-electron chi connectivity index (χ4n) is 3.09. The number of hydrogen-bond donors (Lipinski definition) is 0. The van der Waals surface area contributed by atoms with Crippen molar-refractivity contribution in [3.05, 3.63) is 94.6 Å². The second-order valence-electron chi connectivity index (χ2n) is 5.89. The van der Waals surface area contributed by atoms with Gasteiger partial charge in [-0.25, -0.2) is 0 Å². The van der Waals surface area contributed by atoms with Gasteiger partial charge in [0.25, 0.3) is 5.56 Å². The van der Waals surface area contributed by atoms with Gasteiger partial charge in [0.1, 0.15) is 0 Å². The van der Waals surface area contributed by atoms with Crippen molar-refractivity contribution in [1.82, 2.24) is 4.57 Å². The monoisotopic (exact) mass is 343 g/mol. The first-order valence-electron chi connectivity index (χ1n) is 8.14. The van der Waals surface area contributed by atoms with E-state index in [0.29, 0.717) is 0 Å². The Bertz CT molecular complexity index is 1050.